The first kappa shape index (κ1) is 13.1. The summed E-state index contributed by atoms with van der Waals surface area (Å²) in [6.45, 7) is 2.88. The van der Waals surface area contributed by atoms with Gasteiger partial charge in [-0.1, -0.05) is 31.3 Å². The van der Waals surface area contributed by atoms with Crippen molar-refractivity contribution < 1.29 is 9.63 Å². The number of rotatable bonds is 3. The van der Waals surface area contributed by atoms with E-state index in [1.807, 2.05) is 0 Å². The minimum Gasteiger partial charge on any atom is -0.392 e. The Morgan fingerprint density at radius 3 is 3.00 bits per heavy atom. The average Bonchev–Trinajstić information content (AvgIpc) is 3.07. The zero-order valence-corrected chi connectivity index (χ0v) is 11.5. The minimum absolute atomic E-state index is 0.0295. The first-order valence-electron chi connectivity index (χ1n) is 7.51. The van der Waals surface area contributed by atoms with Crippen molar-refractivity contribution in [2.45, 2.75) is 63.5 Å². The molecule has 19 heavy (non-hydrogen) atoms. The maximum Gasteiger partial charge on any atom is 0.243 e. The van der Waals surface area contributed by atoms with Gasteiger partial charge < -0.3 is 14.9 Å². The van der Waals surface area contributed by atoms with E-state index < -0.39 is 0 Å². The third-order valence-corrected chi connectivity index (χ3v) is 4.59. The molecule has 3 rings (SSSR count). The number of aliphatic hydroxyl groups excluding tert-OH is 1. The van der Waals surface area contributed by atoms with Crippen LogP contribution in [0.3, 0.4) is 0 Å². The fourth-order valence-corrected chi connectivity index (χ4v) is 3.36. The highest BCUT2D eigenvalue weighted by Gasteiger charge is 2.30. The van der Waals surface area contributed by atoms with Gasteiger partial charge in [0.05, 0.1) is 12.1 Å². The highest BCUT2D eigenvalue weighted by atomic mass is 16.5. The fourth-order valence-electron chi connectivity index (χ4n) is 3.36. The Morgan fingerprint density at radius 1 is 1.37 bits per heavy atom. The van der Waals surface area contributed by atoms with Gasteiger partial charge in [0.15, 0.2) is 5.82 Å². The Kier molecular flexibility index (Phi) is 3.84. The molecule has 2 aliphatic rings. The molecule has 0 spiro atoms. The molecule has 106 valence electrons. The van der Waals surface area contributed by atoms with E-state index in [1.165, 1.54) is 32.1 Å². The molecule has 2 N–H and O–H groups in total. The van der Waals surface area contributed by atoms with Gasteiger partial charge in [-0.3, -0.25) is 0 Å². The second-order valence-corrected chi connectivity index (χ2v) is 5.98. The number of aliphatic hydroxyl groups is 1. The summed E-state index contributed by atoms with van der Waals surface area (Å²) in [7, 11) is 0. The summed E-state index contributed by atoms with van der Waals surface area (Å²) in [5, 5.41) is 16.9. The van der Waals surface area contributed by atoms with Crippen molar-refractivity contribution in [3.63, 3.8) is 0 Å². The molecule has 0 radical (unpaired) electrons. The first-order chi connectivity index (χ1) is 9.26. The van der Waals surface area contributed by atoms with Crippen molar-refractivity contribution in [2.75, 3.05) is 6.54 Å². The van der Waals surface area contributed by atoms with E-state index in [0.29, 0.717) is 24.8 Å². The van der Waals surface area contributed by atoms with Crippen molar-refractivity contribution in [3.05, 3.63) is 11.7 Å². The number of hydrogen-bond donors (Lipinski definition) is 2. The molecule has 0 aromatic carbocycles. The highest BCUT2D eigenvalue weighted by molar-refractivity contribution is 5.02. The molecule has 2 fully saturated rings. The van der Waals surface area contributed by atoms with Crippen molar-refractivity contribution >= 4 is 0 Å². The number of nitrogens with one attached hydrogen (secondary N) is 1. The van der Waals surface area contributed by atoms with Crippen LogP contribution >= 0.6 is 0 Å². The molecule has 1 aromatic rings. The van der Waals surface area contributed by atoms with Crippen molar-refractivity contribution in [1.29, 1.82) is 0 Å². The van der Waals surface area contributed by atoms with Crippen LogP contribution in [0.5, 0.6) is 0 Å². The Hall–Kier alpha value is -0.940. The largest absolute Gasteiger partial charge is 0.392 e. The van der Waals surface area contributed by atoms with Gasteiger partial charge in [0.2, 0.25) is 5.89 Å². The van der Waals surface area contributed by atoms with Crippen molar-refractivity contribution in [2.24, 2.45) is 5.92 Å². The standard InChI is InChI=1S/C14H23N3O2/c1-2-9-4-3-5-10(6-9)13-16-14(19-17-13)12-7-11(18)8-15-12/h9-12,15,18H,2-8H2,1H3. The smallest absolute Gasteiger partial charge is 0.243 e. The van der Waals surface area contributed by atoms with Gasteiger partial charge in [-0.2, -0.15) is 4.98 Å². The predicted molar refractivity (Wildman–Crippen MR) is 70.7 cm³/mol. The summed E-state index contributed by atoms with van der Waals surface area (Å²) < 4.78 is 5.38. The fraction of sp³-hybridized carbons (Fsp3) is 0.857. The summed E-state index contributed by atoms with van der Waals surface area (Å²) >= 11 is 0. The lowest BCUT2D eigenvalue weighted by molar-refractivity contribution is 0.191. The minimum atomic E-state index is -0.292. The topological polar surface area (TPSA) is 71.2 Å². The quantitative estimate of drug-likeness (QED) is 0.876. The van der Waals surface area contributed by atoms with Gasteiger partial charge in [-0.15, -0.1) is 0 Å². The summed E-state index contributed by atoms with van der Waals surface area (Å²) in [5.74, 6) is 2.79. The Balaban J connectivity index is 1.67. The van der Waals surface area contributed by atoms with Gasteiger partial charge in [0.25, 0.3) is 0 Å². The SMILES string of the molecule is CCC1CCCC(c2noc(C3CC(O)CN3)n2)C1. The molecule has 4 unspecified atom stereocenters. The third kappa shape index (κ3) is 2.82. The van der Waals surface area contributed by atoms with Crippen LogP contribution in [0.4, 0.5) is 0 Å². The molecule has 1 saturated carbocycles. The Morgan fingerprint density at radius 2 is 2.26 bits per heavy atom. The maximum atomic E-state index is 9.53. The Bertz CT molecular complexity index is 421. The molecule has 0 amide bonds. The number of aromatic nitrogens is 2. The van der Waals surface area contributed by atoms with Crippen LogP contribution in [0.2, 0.25) is 0 Å². The molecule has 1 aliphatic heterocycles. The molecule has 1 aliphatic carbocycles. The van der Waals surface area contributed by atoms with Gasteiger partial charge in [-0.25, -0.2) is 0 Å². The highest BCUT2D eigenvalue weighted by Crippen LogP contribution is 2.36. The van der Waals surface area contributed by atoms with E-state index in [0.717, 1.165) is 11.7 Å². The maximum absolute atomic E-state index is 9.53. The van der Waals surface area contributed by atoms with Crippen LogP contribution in [-0.2, 0) is 0 Å². The molecular weight excluding hydrogens is 242 g/mol. The lowest BCUT2D eigenvalue weighted by atomic mass is 9.80. The van der Waals surface area contributed by atoms with Crippen LogP contribution in [0, 0.1) is 5.92 Å². The zero-order valence-electron chi connectivity index (χ0n) is 11.5. The summed E-state index contributed by atoms with van der Waals surface area (Å²) in [6.07, 6.45) is 6.61. The van der Waals surface area contributed by atoms with E-state index in [2.05, 4.69) is 22.4 Å². The third-order valence-electron chi connectivity index (χ3n) is 4.59. The summed E-state index contributed by atoms with van der Waals surface area (Å²) in [5.41, 5.74) is 0. The lowest BCUT2D eigenvalue weighted by Crippen LogP contribution is -2.16. The van der Waals surface area contributed by atoms with Crippen LogP contribution in [-0.4, -0.2) is 27.9 Å². The normalized spacial score (nSPS) is 35.7. The van der Waals surface area contributed by atoms with Crippen molar-refractivity contribution in [1.82, 2.24) is 15.5 Å². The van der Waals surface area contributed by atoms with E-state index >= 15 is 0 Å². The molecule has 5 heteroatoms. The number of nitrogens with zero attached hydrogens (tertiary/aromatic N) is 2. The van der Waals surface area contributed by atoms with Crippen molar-refractivity contribution in [3.8, 4) is 0 Å². The molecule has 1 saturated heterocycles. The van der Waals surface area contributed by atoms with E-state index in [-0.39, 0.29) is 12.1 Å². The molecule has 4 atom stereocenters. The predicted octanol–water partition coefficient (Wildman–Crippen LogP) is 2.15. The van der Waals surface area contributed by atoms with Gasteiger partial charge in [0.1, 0.15) is 0 Å². The van der Waals surface area contributed by atoms with Crippen LogP contribution in [0.1, 0.15) is 69.1 Å². The molecular formula is C14H23N3O2. The molecule has 1 aromatic heterocycles. The van der Waals surface area contributed by atoms with Gasteiger partial charge >= 0.3 is 0 Å². The summed E-state index contributed by atoms with van der Waals surface area (Å²) in [4.78, 5) is 4.57. The van der Waals surface area contributed by atoms with Crippen LogP contribution in [0.25, 0.3) is 0 Å². The average molecular weight is 265 g/mol. The number of β-amino-alcohol motifs (C(OH)–C–C–N with tert-alkyl or cyclic N) is 1. The van der Waals surface area contributed by atoms with Crippen LogP contribution in [0.15, 0.2) is 4.52 Å². The Labute approximate surface area is 113 Å². The second-order valence-electron chi connectivity index (χ2n) is 5.98. The van der Waals surface area contributed by atoms with E-state index in [1.54, 1.807) is 0 Å². The molecule has 0 bridgehead atoms. The lowest BCUT2D eigenvalue weighted by Gasteiger charge is -2.26. The van der Waals surface area contributed by atoms with E-state index in [9.17, 15) is 5.11 Å². The van der Waals surface area contributed by atoms with Gasteiger partial charge in [-0.05, 0) is 25.2 Å². The van der Waals surface area contributed by atoms with E-state index in [4.69, 9.17) is 4.52 Å². The summed E-state index contributed by atoms with van der Waals surface area (Å²) in [6, 6.07) is 0.0295. The monoisotopic (exact) mass is 265 g/mol. The first-order valence-corrected chi connectivity index (χ1v) is 7.51. The van der Waals surface area contributed by atoms with Gasteiger partial charge in [0, 0.05) is 12.5 Å². The molecule has 5 nitrogen and oxygen atoms in total. The number of hydrogen-bond acceptors (Lipinski definition) is 5. The molecule has 2 heterocycles. The van der Waals surface area contributed by atoms with Crippen LogP contribution < -0.4 is 5.32 Å². The second kappa shape index (κ2) is 5.59. The zero-order chi connectivity index (χ0) is 13.2.